The topological polar surface area (TPSA) is 78.4 Å². The van der Waals surface area contributed by atoms with E-state index in [1.807, 2.05) is 17.5 Å². The molecule has 1 aromatic rings. The van der Waals surface area contributed by atoms with Crippen molar-refractivity contribution >= 4 is 23.3 Å². The van der Waals surface area contributed by atoms with Crippen LogP contribution in [0, 0.1) is 0 Å². The number of carbonyl (C=O) groups is 2. The molecule has 17 heavy (non-hydrogen) atoms. The highest BCUT2D eigenvalue weighted by Gasteiger charge is 2.10. The van der Waals surface area contributed by atoms with Crippen LogP contribution in [0.2, 0.25) is 0 Å². The molecule has 0 aliphatic carbocycles. The molecule has 2 amide bonds. The van der Waals surface area contributed by atoms with E-state index < -0.39 is 5.97 Å². The third-order valence-electron chi connectivity index (χ3n) is 2.10. The molecular weight excluding hydrogens is 240 g/mol. The van der Waals surface area contributed by atoms with Crippen LogP contribution in [-0.4, -0.2) is 29.7 Å². The normalized spacial score (nSPS) is 11.8. The molecule has 0 saturated carbocycles. The lowest BCUT2D eigenvalue weighted by molar-refractivity contribution is -0.137. The van der Waals surface area contributed by atoms with Crippen molar-refractivity contribution in [2.24, 2.45) is 0 Å². The molecule has 3 N–H and O–H groups in total. The number of rotatable bonds is 6. The molecule has 1 rings (SSSR count). The van der Waals surface area contributed by atoms with E-state index in [0.717, 1.165) is 6.42 Å². The summed E-state index contributed by atoms with van der Waals surface area (Å²) >= 11 is 1.65. The van der Waals surface area contributed by atoms with E-state index in [0.29, 0.717) is 6.54 Å². The Labute approximate surface area is 104 Å². The van der Waals surface area contributed by atoms with Gasteiger partial charge in [0.25, 0.3) is 0 Å². The van der Waals surface area contributed by atoms with Gasteiger partial charge in [0, 0.05) is 17.5 Å². The molecule has 0 aliphatic heterocycles. The second-order valence-electron chi connectivity index (χ2n) is 3.73. The second kappa shape index (κ2) is 6.90. The van der Waals surface area contributed by atoms with Crippen LogP contribution in [0.15, 0.2) is 17.5 Å². The molecule has 0 fully saturated rings. The minimum absolute atomic E-state index is 0.0711. The number of amides is 2. The van der Waals surface area contributed by atoms with Gasteiger partial charge in [-0.25, -0.2) is 4.79 Å². The minimum atomic E-state index is -0.920. The highest BCUT2D eigenvalue weighted by atomic mass is 32.1. The summed E-state index contributed by atoms with van der Waals surface area (Å²) in [7, 11) is 0. The number of urea groups is 1. The fourth-order valence-electron chi connectivity index (χ4n) is 1.34. The number of thiophene rings is 1. The zero-order valence-electron chi connectivity index (χ0n) is 9.60. The molecule has 0 aromatic carbocycles. The smallest absolute Gasteiger partial charge is 0.315 e. The Morgan fingerprint density at radius 2 is 2.29 bits per heavy atom. The van der Waals surface area contributed by atoms with Crippen LogP contribution in [-0.2, 0) is 11.2 Å². The number of carboxylic acid groups (broad SMARTS) is 1. The first-order chi connectivity index (χ1) is 8.08. The van der Waals surface area contributed by atoms with Crippen molar-refractivity contribution in [3.8, 4) is 0 Å². The predicted molar refractivity (Wildman–Crippen MR) is 66.3 cm³/mol. The van der Waals surface area contributed by atoms with Gasteiger partial charge in [0.05, 0.1) is 6.42 Å². The highest BCUT2D eigenvalue weighted by molar-refractivity contribution is 7.09. The largest absolute Gasteiger partial charge is 0.481 e. The number of carboxylic acids is 1. The SMILES string of the molecule is CC(CC(=O)O)NC(=O)NCCc1cccs1. The lowest BCUT2D eigenvalue weighted by Crippen LogP contribution is -2.42. The van der Waals surface area contributed by atoms with Crippen molar-refractivity contribution in [1.29, 1.82) is 0 Å². The Morgan fingerprint density at radius 3 is 2.88 bits per heavy atom. The van der Waals surface area contributed by atoms with Gasteiger partial charge in [-0.3, -0.25) is 4.79 Å². The van der Waals surface area contributed by atoms with Gasteiger partial charge in [-0.2, -0.15) is 0 Å². The summed E-state index contributed by atoms with van der Waals surface area (Å²) < 4.78 is 0. The first-order valence-corrected chi connectivity index (χ1v) is 6.24. The summed E-state index contributed by atoms with van der Waals surface area (Å²) in [6.45, 7) is 2.21. The summed E-state index contributed by atoms with van der Waals surface area (Å²) in [5.74, 6) is -0.920. The third kappa shape index (κ3) is 5.91. The Hall–Kier alpha value is -1.56. The Bertz CT molecular complexity index is 365. The van der Waals surface area contributed by atoms with Crippen LogP contribution < -0.4 is 10.6 Å². The van der Waals surface area contributed by atoms with E-state index in [9.17, 15) is 9.59 Å². The van der Waals surface area contributed by atoms with Crippen molar-refractivity contribution in [2.45, 2.75) is 25.8 Å². The number of carbonyl (C=O) groups excluding carboxylic acids is 1. The zero-order chi connectivity index (χ0) is 12.7. The molecule has 0 saturated heterocycles. The molecular formula is C11H16N2O3S. The van der Waals surface area contributed by atoms with Gasteiger partial charge >= 0.3 is 12.0 Å². The average molecular weight is 256 g/mol. The van der Waals surface area contributed by atoms with Crippen LogP contribution in [0.3, 0.4) is 0 Å². The lowest BCUT2D eigenvalue weighted by Gasteiger charge is -2.12. The summed E-state index contributed by atoms with van der Waals surface area (Å²) in [5.41, 5.74) is 0. The van der Waals surface area contributed by atoms with E-state index >= 15 is 0 Å². The molecule has 0 radical (unpaired) electrons. The molecule has 0 spiro atoms. The van der Waals surface area contributed by atoms with Gasteiger partial charge < -0.3 is 15.7 Å². The molecule has 6 heteroatoms. The van der Waals surface area contributed by atoms with Gasteiger partial charge in [-0.1, -0.05) is 6.07 Å². The third-order valence-corrected chi connectivity index (χ3v) is 3.03. The first kappa shape index (κ1) is 13.5. The molecule has 1 atom stereocenters. The maximum absolute atomic E-state index is 11.4. The fourth-order valence-corrected chi connectivity index (χ4v) is 2.05. The number of hydrogen-bond donors (Lipinski definition) is 3. The second-order valence-corrected chi connectivity index (χ2v) is 4.76. The molecule has 0 bridgehead atoms. The number of hydrogen-bond acceptors (Lipinski definition) is 3. The van der Waals surface area contributed by atoms with Crippen LogP contribution in [0.1, 0.15) is 18.2 Å². The lowest BCUT2D eigenvalue weighted by atomic mass is 10.2. The molecule has 1 heterocycles. The zero-order valence-corrected chi connectivity index (χ0v) is 10.4. The van der Waals surface area contributed by atoms with Crippen molar-refractivity contribution in [3.05, 3.63) is 22.4 Å². The Kier molecular flexibility index (Phi) is 5.48. The summed E-state index contributed by atoms with van der Waals surface area (Å²) in [4.78, 5) is 23.0. The van der Waals surface area contributed by atoms with Gasteiger partial charge in [0.15, 0.2) is 0 Å². The van der Waals surface area contributed by atoms with E-state index in [1.165, 1.54) is 4.88 Å². The van der Waals surface area contributed by atoms with E-state index in [1.54, 1.807) is 18.3 Å². The molecule has 94 valence electrons. The van der Waals surface area contributed by atoms with Crippen LogP contribution in [0.4, 0.5) is 4.79 Å². The van der Waals surface area contributed by atoms with Crippen LogP contribution in [0.5, 0.6) is 0 Å². The molecule has 0 aliphatic rings. The minimum Gasteiger partial charge on any atom is -0.481 e. The maximum Gasteiger partial charge on any atom is 0.315 e. The molecule has 5 nitrogen and oxygen atoms in total. The van der Waals surface area contributed by atoms with Gasteiger partial charge in [-0.05, 0) is 24.8 Å². The van der Waals surface area contributed by atoms with Crippen molar-refractivity contribution in [2.75, 3.05) is 6.54 Å². The molecule has 1 unspecified atom stereocenters. The standard InChI is InChI=1S/C11H16N2O3S/c1-8(7-10(14)15)13-11(16)12-5-4-9-3-2-6-17-9/h2-3,6,8H,4-5,7H2,1H3,(H,14,15)(H2,12,13,16). The highest BCUT2D eigenvalue weighted by Crippen LogP contribution is 2.07. The van der Waals surface area contributed by atoms with Crippen LogP contribution >= 0.6 is 11.3 Å². The van der Waals surface area contributed by atoms with Gasteiger partial charge in [0.1, 0.15) is 0 Å². The monoisotopic (exact) mass is 256 g/mol. The predicted octanol–water partition coefficient (Wildman–Crippen LogP) is 1.45. The molecule has 1 aromatic heterocycles. The van der Waals surface area contributed by atoms with Crippen LogP contribution in [0.25, 0.3) is 0 Å². The quantitative estimate of drug-likeness (QED) is 0.721. The van der Waals surface area contributed by atoms with Crippen molar-refractivity contribution in [3.63, 3.8) is 0 Å². The van der Waals surface area contributed by atoms with Crippen molar-refractivity contribution in [1.82, 2.24) is 10.6 Å². The average Bonchev–Trinajstić information content (AvgIpc) is 2.68. The summed E-state index contributed by atoms with van der Waals surface area (Å²) in [6, 6.07) is 3.29. The summed E-state index contributed by atoms with van der Waals surface area (Å²) in [5, 5.41) is 15.8. The van der Waals surface area contributed by atoms with Gasteiger partial charge in [-0.15, -0.1) is 11.3 Å². The Morgan fingerprint density at radius 1 is 1.53 bits per heavy atom. The number of nitrogens with one attached hydrogen (secondary N) is 2. The maximum atomic E-state index is 11.4. The van der Waals surface area contributed by atoms with E-state index in [-0.39, 0.29) is 18.5 Å². The summed E-state index contributed by atoms with van der Waals surface area (Å²) in [6.07, 6.45) is 0.719. The van der Waals surface area contributed by atoms with E-state index in [4.69, 9.17) is 5.11 Å². The van der Waals surface area contributed by atoms with E-state index in [2.05, 4.69) is 10.6 Å². The number of aliphatic carboxylic acids is 1. The fraction of sp³-hybridized carbons (Fsp3) is 0.455. The first-order valence-electron chi connectivity index (χ1n) is 5.36. The van der Waals surface area contributed by atoms with Crippen molar-refractivity contribution < 1.29 is 14.7 Å². The van der Waals surface area contributed by atoms with Gasteiger partial charge in [0.2, 0.25) is 0 Å². The Balaban J connectivity index is 2.14.